The molecule has 1 aromatic rings. The summed E-state index contributed by atoms with van der Waals surface area (Å²) in [5.74, 6) is -0.201. The molecule has 0 aromatic carbocycles. The minimum atomic E-state index is -0.201. The van der Waals surface area contributed by atoms with Crippen molar-refractivity contribution in [3.8, 4) is 0 Å². The number of unbranched alkanes of at least 4 members (excludes halogenated alkanes) is 8. The third-order valence-electron chi connectivity index (χ3n) is 4.12. The van der Waals surface area contributed by atoms with Crippen LogP contribution < -0.4 is 5.32 Å². The Labute approximate surface area is 129 Å². The van der Waals surface area contributed by atoms with Crippen LogP contribution in [0.3, 0.4) is 0 Å². The molecule has 0 fully saturated rings. The summed E-state index contributed by atoms with van der Waals surface area (Å²) in [6.45, 7) is 2.25. The molecule has 1 aromatic heterocycles. The number of rotatable bonds is 12. The van der Waals surface area contributed by atoms with E-state index in [1.807, 2.05) is 7.05 Å². The average Bonchev–Trinajstić information content (AvgIpc) is 2.50. The Morgan fingerprint density at radius 2 is 1.67 bits per heavy atom. The van der Waals surface area contributed by atoms with E-state index < -0.39 is 0 Å². The molecular weight excluding hydrogens is 263 g/mol. The van der Waals surface area contributed by atoms with Crippen LogP contribution in [0, 0.1) is 5.82 Å². The summed E-state index contributed by atoms with van der Waals surface area (Å²) in [5, 5.41) is 3.22. The zero-order valence-electron chi connectivity index (χ0n) is 13.7. The topological polar surface area (TPSA) is 24.9 Å². The average molecular weight is 294 g/mol. The molecule has 1 N–H and O–H groups in total. The molecule has 120 valence electrons. The summed E-state index contributed by atoms with van der Waals surface area (Å²) in [6.07, 6.45) is 15.9. The first-order valence-electron chi connectivity index (χ1n) is 8.56. The van der Waals surface area contributed by atoms with Gasteiger partial charge in [-0.25, -0.2) is 4.39 Å². The smallest absolute Gasteiger partial charge is 0.146 e. The van der Waals surface area contributed by atoms with E-state index in [-0.39, 0.29) is 11.9 Å². The Balaban J connectivity index is 2.12. The normalized spacial score (nSPS) is 12.5. The second-order valence-corrected chi connectivity index (χ2v) is 5.86. The molecule has 0 bridgehead atoms. The van der Waals surface area contributed by atoms with E-state index >= 15 is 0 Å². The van der Waals surface area contributed by atoms with Crippen LogP contribution in [0.5, 0.6) is 0 Å². The third-order valence-corrected chi connectivity index (χ3v) is 4.12. The lowest BCUT2D eigenvalue weighted by Gasteiger charge is -2.16. The second kappa shape index (κ2) is 11.7. The largest absolute Gasteiger partial charge is 0.313 e. The highest BCUT2D eigenvalue weighted by molar-refractivity contribution is 5.17. The summed E-state index contributed by atoms with van der Waals surface area (Å²) >= 11 is 0. The van der Waals surface area contributed by atoms with Gasteiger partial charge in [0.25, 0.3) is 0 Å². The van der Waals surface area contributed by atoms with Crippen LogP contribution in [-0.4, -0.2) is 12.0 Å². The number of pyridine rings is 1. The third kappa shape index (κ3) is 7.56. The fourth-order valence-electron chi connectivity index (χ4n) is 2.78. The number of aromatic nitrogens is 1. The van der Waals surface area contributed by atoms with E-state index in [9.17, 15) is 4.39 Å². The summed E-state index contributed by atoms with van der Waals surface area (Å²) in [5.41, 5.74) is 0.743. The number of nitrogens with one attached hydrogen (secondary N) is 1. The summed E-state index contributed by atoms with van der Waals surface area (Å²) < 4.78 is 13.7. The van der Waals surface area contributed by atoms with Gasteiger partial charge in [0.2, 0.25) is 0 Å². The fourth-order valence-corrected chi connectivity index (χ4v) is 2.78. The van der Waals surface area contributed by atoms with E-state index in [0.717, 1.165) is 18.4 Å². The maximum absolute atomic E-state index is 13.7. The van der Waals surface area contributed by atoms with E-state index in [0.29, 0.717) is 0 Å². The van der Waals surface area contributed by atoms with Gasteiger partial charge in [0.05, 0.1) is 6.20 Å². The summed E-state index contributed by atoms with van der Waals surface area (Å²) in [7, 11) is 1.90. The minimum absolute atomic E-state index is 0.109. The van der Waals surface area contributed by atoms with Gasteiger partial charge < -0.3 is 5.32 Å². The van der Waals surface area contributed by atoms with Crippen molar-refractivity contribution >= 4 is 0 Å². The molecule has 0 radical (unpaired) electrons. The van der Waals surface area contributed by atoms with Gasteiger partial charge in [-0.1, -0.05) is 64.7 Å². The van der Waals surface area contributed by atoms with Crippen molar-refractivity contribution in [3.05, 3.63) is 29.8 Å². The van der Waals surface area contributed by atoms with Crippen LogP contribution in [0.2, 0.25) is 0 Å². The standard InChI is InChI=1S/C18H31FN2/c1-3-4-5-6-7-8-9-10-11-12-18(20-2)16-13-14-21-15-17(16)19/h13-15,18,20H,3-12H2,1-2H3. The summed E-state index contributed by atoms with van der Waals surface area (Å²) in [4.78, 5) is 3.81. The molecule has 1 heterocycles. The monoisotopic (exact) mass is 294 g/mol. The molecule has 1 unspecified atom stereocenters. The molecule has 21 heavy (non-hydrogen) atoms. The van der Waals surface area contributed by atoms with Crippen LogP contribution in [0.25, 0.3) is 0 Å². The molecule has 0 aliphatic rings. The molecule has 0 amide bonds. The SMILES string of the molecule is CCCCCCCCCCCC(NC)c1ccncc1F. The van der Waals surface area contributed by atoms with Gasteiger partial charge in [-0.2, -0.15) is 0 Å². The molecule has 0 saturated carbocycles. The van der Waals surface area contributed by atoms with Crippen LogP contribution in [0.15, 0.2) is 18.5 Å². The van der Waals surface area contributed by atoms with Crippen LogP contribution in [-0.2, 0) is 0 Å². The Morgan fingerprint density at radius 1 is 1.05 bits per heavy atom. The highest BCUT2D eigenvalue weighted by Crippen LogP contribution is 2.22. The quantitative estimate of drug-likeness (QED) is 0.522. The second-order valence-electron chi connectivity index (χ2n) is 5.86. The van der Waals surface area contributed by atoms with E-state index in [1.54, 1.807) is 12.3 Å². The number of nitrogens with zero attached hydrogens (tertiary/aromatic N) is 1. The number of halogens is 1. The zero-order valence-corrected chi connectivity index (χ0v) is 13.7. The van der Waals surface area contributed by atoms with Gasteiger partial charge in [-0.15, -0.1) is 0 Å². The Morgan fingerprint density at radius 3 is 2.24 bits per heavy atom. The molecule has 1 atom stereocenters. The van der Waals surface area contributed by atoms with Gasteiger partial charge in [0, 0.05) is 17.8 Å². The van der Waals surface area contributed by atoms with Crippen molar-refractivity contribution in [1.82, 2.24) is 10.3 Å². The molecule has 1 rings (SSSR count). The van der Waals surface area contributed by atoms with Gasteiger partial charge in [-0.3, -0.25) is 4.98 Å². The van der Waals surface area contributed by atoms with Crippen LogP contribution in [0.4, 0.5) is 4.39 Å². The number of hydrogen-bond donors (Lipinski definition) is 1. The van der Waals surface area contributed by atoms with E-state index in [2.05, 4.69) is 17.2 Å². The van der Waals surface area contributed by atoms with Crippen molar-refractivity contribution in [2.24, 2.45) is 0 Å². The predicted molar refractivity (Wildman–Crippen MR) is 87.8 cm³/mol. The van der Waals surface area contributed by atoms with Gasteiger partial charge in [0.15, 0.2) is 0 Å². The van der Waals surface area contributed by atoms with Gasteiger partial charge in [-0.05, 0) is 19.5 Å². The molecule has 0 aliphatic heterocycles. The van der Waals surface area contributed by atoms with E-state index in [1.165, 1.54) is 57.6 Å². The molecular formula is C18H31FN2. The maximum Gasteiger partial charge on any atom is 0.146 e. The lowest BCUT2D eigenvalue weighted by atomic mass is 10.00. The Bertz CT molecular complexity index is 368. The molecule has 2 nitrogen and oxygen atoms in total. The molecule has 0 saturated heterocycles. The van der Waals surface area contributed by atoms with Crippen molar-refractivity contribution in [1.29, 1.82) is 0 Å². The molecule has 0 spiro atoms. The Hall–Kier alpha value is -0.960. The van der Waals surface area contributed by atoms with Crippen molar-refractivity contribution < 1.29 is 4.39 Å². The molecule has 3 heteroatoms. The first-order valence-corrected chi connectivity index (χ1v) is 8.56. The van der Waals surface area contributed by atoms with Crippen molar-refractivity contribution in [3.63, 3.8) is 0 Å². The van der Waals surface area contributed by atoms with Gasteiger partial charge >= 0.3 is 0 Å². The maximum atomic E-state index is 13.7. The van der Waals surface area contributed by atoms with E-state index in [4.69, 9.17) is 0 Å². The van der Waals surface area contributed by atoms with Crippen molar-refractivity contribution in [2.45, 2.75) is 77.2 Å². The first kappa shape index (κ1) is 18.1. The minimum Gasteiger partial charge on any atom is -0.313 e. The number of hydrogen-bond acceptors (Lipinski definition) is 2. The lowest BCUT2D eigenvalue weighted by Crippen LogP contribution is -2.17. The fraction of sp³-hybridized carbons (Fsp3) is 0.722. The first-order chi connectivity index (χ1) is 10.3. The Kier molecular flexibility index (Phi) is 10.1. The highest BCUT2D eigenvalue weighted by Gasteiger charge is 2.13. The predicted octanol–water partition coefficient (Wildman–Crippen LogP) is 5.40. The molecule has 0 aliphatic carbocycles. The highest BCUT2D eigenvalue weighted by atomic mass is 19.1. The lowest BCUT2D eigenvalue weighted by molar-refractivity contribution is 0.472. The zero-order chi connectivity index (χ0) is 15.3. The van der Waals surface area contributed by atoms with Crippen LogP contribution in [0.1, 0.15) is 82.7 Å². The van der Waals surface area contributed by atoms with Crippen molar-refractivity contribution in [2.75, 3.05) is 7.05 Å². The van der Waals surface area contributed by atoms with Gasteiger partial charge in [0.1, 0.15) is 5.82 Å². The summed E-state index contributed by atoms with van der Waals surface area (Å²) in [6, 6.07) is 1.89. The van der Waals surface area contributed by atoms with Crippen LogP contribution >= 0.6 is 0 Å².